The molecule has 0 unspecified atom stereocenters. The van der Waals surface area contributed by atoms with Gasteiger partial charge in [0, 0.05) is 11.6 Å². The van der Waals surface area contributed by atoms with Crippen molar-refractivity contribution >= 4 is 21.6 Å². The first kappa shape index (κ1) is 24.9. The summed E-state index contributed by atoms with van der Waals surface area (Å²) in [5, 5.41) is 2.86. The number of ether oxygens (including phenoxy) is 3. The number of anilines is 1. The van der Waals surface area contributed by atoms with Crippen LogP contribution in [0.4, 0.5) is 5.69 Å². The first-order valence-corrected chi connectivity index (χ1v) is 12.0. The van der Waals surface area contributed by atoms with Gasteiger partial charge in [-0.05, 0) is 37.3 Å². The molecule has 9 heteroatoms. The fourth-order valence-corrected chi connectivity index (χ4v) is 4.97. The molecule has 0 aliphatic rings. The van der Waals surface area contributed by atoms with Crippen molar-refractivity contribution in [1.29, 1.82) is 0 Å². The van der Waals surface area contributed by atoms with E-state index in [4.69, 9.17) is 14.2 Å². The zero-order chi connectivity index (χ0) is 24.7. The van der Waals surface area contributed by atoms with Crippen LogP contribution in [0.1, 0.15) is 18.5 Å². The Hall–Kier alpha value is -3.72. The lowest BCUT2D eigenvalue weighted by Crippen LogP contribution is -2.41. The number of nitrogens with zero attached hydrogens (tertiary/aromatic N) is 1. The van der Waals surface area contributed by atoms with Crippen molar-refractivity contribution in [3.8, 4) is 17.2 Å². The Morgan fingerprint density at radius 2 is 1.53 bits per heavy atom. The molecule has 1 amide bonds. The highest BCUT2D eigenvalue weighted by molar-refractivity contribution is 7.92. The van der Waals surface area contributed by atoms with E-state index in [1.807, 2.05) is 18.2 Å². The smallest absolute Gasteiger partial charge is 0.264 e. The second kappa shape index (κ2) is 10.9. The van der Waals surface area contributed by atoms with Crippen molar-refractivity contribution < 1.29 is 27.4 Å². The number of hydrogen-bond donors (Lipinski definition) is 1. The van der Waals surface area contributed by atoms with Crippen molar-refractivity contribution in [2.45, 2.75) is 17.9 Å². The van der Waals surface area contributed by atoms with E-state index < -0.39 is 28.5 Å². The highest BCUT2D eigenvalue weighted by Gasteiger charge is 2.30. The minimum atomic E-state index is -4.11. The second-order valence-corrected chi connectivity index (χ2v) is 9.26. The molecule has 180 valence electrons. The molecule has 3 rings (SSSR count). The largest absolute Gasteiger partial charge is 0.497 e. The van der Waals surface area contributed by atoms with E-state index in [0.29, 0.717) is 11.5 Å². The quantitative estimate of drug-likeness (QED) is 0.471. The lowest BCUT2D eigenvalue weighted by Gasteiger charge is -2.27. The van der Waals surface area contributed by atoms with Crippen molar-refractivity contribution in [2.24, 2.45) is 0 Å². The van der Waals surface area contributed by atoms with Gasteiger partial charge in [-0.15, -0.1) is 0 Å². The summed E-state index contributed by atoms with van der Waals surface area (Å²) in [7, 11) is 0.353. The Labute approximate surface area is 200 Å². The maximum atomic E-state index is 13.6. The molecule has 3 aromatic carbocycles. The summed E-state index contributed by atoms with van der Waals surface area (Å²) in [6, 6.07) is 19.6. The molecule has 0 aromatic heterocycles. The summed E-state index contributed by atoms with van der Waals surface area (Å²) in [5.74, 6) is 0.832. The maximum absolute atomic E-state index is 13.6. The molecule has 1 N–H and O–H groups in total. The van der Waals surface area contributed by atoms with Crippen LogP contribution >= 0.6 is 0 Å². The molecule has 0 aliphatic carbocycles. The Morgan fingerprint density at radius 3 is 2.18 bits per heavy atom. The fraction of sp³-hybridized carbons (Fsp3) is 0.240. The third-order valence-corrected chi connectivity index (χ3v) is 7.03. The zero-order valence-electron chi connectivity index (χ0n) is 19.5. The van der Waals surface area contributed by atoms with Gasteiger partial charge in [0.2, 0.25) is 5.91 Å². The van der Waals surface area contributed by atoms with Crippen LogP contribution in [-0.4, -0.2) is 42.2 Å². The zero-order valence-corrected chi connectivity index (χ0v) is 20.3. The van der Waals surface area contributed by atoms with E-state index in [0.717, 1.165) is 9.87 Å². The molecule has 3 aromatic rings. The normalized spacial score (nSPS) is 11.9. The van der Waals surface area contributed by atoms with Gasteiger partial charge in [0.1, 0.15) is 23.8 Å². The molecular weight excluding hydrogens is 456 g/mol. The number of para-hydroxylation sites is 1. The molecule has 34 heavy (non-hydrogen) atoms. The first-order chi connectivity index (χ1) is 16.3. The van der Waals surface area contributed by atoms with Gasteiger partial charge in [-0.3, -0.25) is 9.10 Å². The topological polar surface area (TPSA) is 94.2 Å². The molecule has 0 saturated heterocycles. The predicted octanol–water partition coefficient (Wildman–Crippen LogP) is 3.79. The number of nitrogens with one attached hydrogen (secondary N) is 1. The van der Waals surface area contributed by atoms with Gasteiger partial charge in [-0.25, -0.2) is 8.42 Å². The van der Waals surface area contributed by atoms with Crippen LogP contribution < -0.4 is 23.8 Å². The minimum absolute atomic E-state index is 0.0467. The molecule has 0 spiro atoms. The van der Waals surface area contributed by atoms with E-state index in [9.17, 15) is 13.2 Å². The number of carbonyl (C=O) groups is 1. The SMILES string of the molecule is COc1ccc(OC)c(N(CC(=O)N[C@@H](C)c2ccccc2OC)S(=O)(=O)c2ccccc2)c1. The summed E-state index contributed by atoms with van der Waals surface area (Å²) in [6.45, 7) is 1.33. The van der Waals surface area contributed by atoms with Gasteiger partial charge < -0.3 is 19.5 Å². The molecule has 0 radical (unpaired) electrons. The third-order valence-electron chi connectivity index (χ3n) is 5.26. The summed E-state index contributed by atoms with van der Waals surface area (Å²) in [5.41, 5.74) is 0.959. The number of methoxy groups -OCH3 is 3. The predicted molar refractivity (Wildman–Crippen MR) is 130 cm³/mol. The third kappa shape index (κ3) is 5.43. The molecular formula is C25H28N2O6S. The Morgan fingerprint density at radius 1 is 0.882 bits per heavy atom. The number of carbonyl (C=O) groups excluding carboxylic acids is 1. The standard InChI is InChI=1S/C25H28N2O6S/c1-18(21-12-8-9-13-23(21)32-3)26-25(28)17-27(34(29,30)20-10-6-5-7-11-20)22-16-19(31-2)14-15-24(22)33-4/h5-16,18H,17H2,1-4H3,(H,26,28)/t18-/m0/s1. The average Bonchev–Trinajstić information content (AvgIpc) is 2.87. The number of amides is 1. The van der Waals surface area contributed by atoms with E-state index in [-0.39, 0.29) is 16.3 Å². The highest BCUT2D eigenvalue weighted by atomic mass is 32.2. The molecule has 0 bridgehead atoms. The average molecular weight is 485 g/mol. The molecule has 0 heterocycles. The maximum Gasteiger partial charge on any atom is 0.264 e. The van der Waals surface area contributed by atoms with Gasteiger partial charge in [-0.1, -0.05) is 36.4 Å². The van der Waals surface area contributed by atoms with Crippen molar-refractivity contribution in [1.82, 2.24) is 5.32 Å². The van der Waals surface area contributed by atoms with Gasteiger partial charge in [-0.2, -0.15) is 0 Å². The lowest BCUT2D eigenvalue weighted by atomic mass is 10.1. The summed E-state index contributed by atoms with van der Waals surface area (Å²) in [4.78, 5) is 13.2. The summed E-state index contributed by atoms with van der Waals surface area (Å²) in [6.07, 6.45) is 0. The van der Waals surface area contributed by atoms with E-state index in [2.05, 4.69) is 5.32 Å². The number of hydrogen-bond acceptors (Lipinski definition) is 6. The van der Waals surface area contributed by atoms with Crippen molar-refractivity contribution in [2.75, 3.05) is 32.2 Å². The summed E-state index contributed by atoms with van der Waals surface area (Å²) < 4.78 is 44.3. The van der Waals surface area contributed by atoms with Crippen LogP contribution in [0.2, 0.25) is 0 Å². The molecule has 0 aliphatic heterocycles. The van der Waals surface area contributed by atoms with Gasteiger partial charge in [0.15, 0.2) is 0 Å². The van der Waals surface area contributed by atoms with E-state index in [1.54, 1.807) is 50.4 Å². The molecule has 1 atom stereocenters. The molecule has 8 nitrogen and oxygen atoms in total. The number of sulfonamides is 1. The Balaban J connectivity index is 1.99. The van der Waals surface area contributed by atoms with Crippen LogP contribution in [0.15, 0.2) is 77.7 Å². The van der Waals surface area contributed by atoms with Crippen LogP contribution in [0.5, 0.6) is 17.2 Å². The first-order valence-electron chi connectivity index (χ1n) is 10.5. The van der Waals surface area contributed by atoms with Gasteiger partial charge in [0.25, 0.3) is 10.0 Å². The number of rotatable bonds is 10. The van der Waals surface area contributed by atoms with Crippen LogP contribution in [0.25, 0.3) is 0 Å². The lowest BCUT2D eigenvalue weighted by molar-refractivity contribution is -0.120. The van der Waals surface area contributed by atoms with Gasteiger partial charge in [0.05, 0.1) is 38.0 Å². The summed E-state index contributed by atoms with van der Waals surface area (Å²) >= 11 is 0. The highest BCUT2D eigenvalue weighted by Crippen LogP contribution is 2.35. The van der Waals surface area contributed by atoms with E-state index >= 15 is 0 Å². The van der Waals surface area contributed by atoms with E-state index in [1.165, 1.54) is 32.4 Å². The monoisotopic (exact) mass is 484 g/mol. The van der Waals surface area contributed by atoms with Crippen LogP contribution in [-0.2, 0) is 14.8 Å². The number of benzene rings is 3. The van der Waals surface area contributed by atoms with Crippen LogP contribution in [0.3, 0.4) is 0 Å². The molecule has 0 saturated carbocycles. The fourth-order valence-electron chi connectivity index (χ4n) is 3.53. The van der Waals surface area contributed by atoms with Crippen molar-refractivity contribution in [3.63, 3.8) is 0 Å². The van der Waals surface area contributed by atoms with Crippen LogP contribution in [0, 0.1) is 0 Å². The Bertz CT molecular complexity index is 1230. The molecule has 0 fully saturated rings. The minimum Gasteiger partial charge on any atom is -0.497 e. The van der Waals surface area contributed by atoms with Gasteiger partial charge >= 0.3 is 0 Å². The Kier molecular flexibility index (Phi) is 8.01. The second-order valence-electron chi connectivity index (χ2n) is 7.39. The van der Waals surface area contributed by atoms with Crippen molar-refractivity contribution in [3.05, 3.63) is 78.4 Å².